The molecule has 4 heterocycles. The van der Waals surface area contributed by atoms with Crippen LogP contribution >= 0.6 is 34.8 Å². The summed E-state index contributed by atoms with van der Waals surface area (Å²) in [6.07, 6.45) is 1.59. The molecule has 0 unspecified atom stereocenters. The van der Waals surface area contributed by atoms with Crippen molar-refractivity contribution in [2.24, 2.45) is 0 Å². The highest BCUT2D eigenvalue weighted by Crippen LogP contribution is 2.41. The maximum atomic E-state index is 13.1. The van der Waals surface area contributed by atoms with Gasteiger partial charge in [0.05, 0.1) is 34.4 Å². The molecule has 6 rings (SSSR count). The van der Waals surface area contributed by atoms with Crippen molar-refractivity contribution in [2.75, 3.05) is 52.7 Å². The van der Waals surface area contributed by atoms with Gasteiger partial charge in [0, 0.05) is 69.7 Å². The van der Waals surface area contributed by atoms with Crippen LogP contribution < -0.4 is 14.8 Å². The van der Waals surface area contributed by atoms with Crippen LogP contribution in [0.4, 0.5) is 15.3 Å². The van der Waals surface area contributed by atoms with Crippen molar-refractivity contribution < 1.29 is 23.9 Å². The Morgan fingerprint density at radius 3 is 2.14 bits per heavy atom. The third-order valence-corrected chi connectivity index (χ3v) is 9.67. The van der Waals surface area contributed by atoms with Crippen molar-refractivity contribution in [1.82, 2.24) is 29.6 Å². The summed E-state index contributed by atoms with van der Waals surface area (Å²) in [6.45, 7) is 3.29. The lowest BCUT2D eigenvalue weighted by molar-refractivity contribution is 0.102. The molecule has 4 aromatic rings. The smallest absolute Gasteiger partial charge is 0.320 e. The molecule has 2 saturated heterocycles. The number of hydrogen-bond acceptors (Lipinski definition) is 7. The van der Waals surface area contributed by atoms with E-state index >= 15 is 0 Å². The van der Waals surface area contributed by atoms with Gasteiger partial charge in [0.2, 0.25) is 5.88 Å². The third-order valence-electron chi connectivity index (χ3n) is 8.54. The fourth-order valence-corrected chi connectivity index (χ4v) is 6.50. The molecule has 2 aliphatic rings. The van der Waals surface area contributed by atoms with E-state index in [1.165, 1.54) is 7.11 Å². The molecule has 2 fully saturated rings. The monoisotopic (exact) mass is 737 g/mol. The Morgan fingerprint density at radius 2 is 1.52 bits per heavy atom. The maximum Gasteiger partial charge on any atom is 0.320 e. The van der Waals surface area contributed by atoms with Crippen molar-refractivity contribution in [3.8, 4) is 22.8 Å². The van der Waals surface area contributed by atoms with Gasteiger partial charge in [-0.05, 0) is 29.8 Å². The molecule has 2 aromatic heterocycles. The summed E-state index contributed by atoms with van der Waals surface area (Å²) >= 11 is 20.3. The van der Waals surface area contributed by atoms with Gasteiger partial charge in [-0.15, -0.1) is 0 Å². The average Bonchev–Trinajstić information content (AvgIpc) is 3.60. The number of carbonyl (C=O) groups is 3. The topological polar surface area (TPSA) is 120 Å². The normalized spacial score (nSPS) is 14.5. The Kier molecular flexibility index (Phi) is 10.5. The predicted octanol–water partition coefficient (Wildman–Crippen LogP) is 6.68. The number of aromatic nitrogens is 2. The minimum absolute atomic E-state index is 0.00889. The minimum Gasteiger partial charge on any atom is -0.486 e. The number of nitrogens with one attached hydrogen (secondary N) is 1. The van der Waals surface area contributed by atoms with Gasteiger partial charge in [-0.2, -0.15) is 0 Å². The number of halogens is 3. The summed E-state index contributed by atoms with van der Waals surface area (Å²) in [5.74, 6) is 0.271. The van der Waals surface area contributed by atoms with E-state index in [0.29, 0.717) is 89.0 Å². The summed E-state index contributed by atoms with van der Waals surface area (Å²) in [7, 11) is 5.03. The maximum absolute atomic E-state index is 13.1. The van der Waals surface area contributed by atoms with Gasteiger partial charge in [0.15, 0.2) is 0 Å². The fourth-order valence-electron chi connectivity index (χ4n) is 5.71. The third kappa shape index (κ3) is 7.37. The Bertz CT molecular complexity index is 1940. The first-order valence-electron chi connectivity index (χ1n) is 15.7. The van der Waals surface area contributed by atoms with Crippen LogP contribution in [-0.2, 0) is 19.7 Å². The summed E-state index contributed by atoms with van der Waals surface area (Å²) in [5.41, 5.74) is 3.67. The average molecular weight is 739 g/mol. The zero-order valence-corrected chi connectivity index (χ0v) is 29.8. The summed E-state index contributed by atoms with van der Waals surface area (Å²) in [6, 6.07) is 15.5. The molecule has 1 N–H and O–H groups in total. The van der Waals surface area contributed by atoms with Crippen molar-refractivity contribution >= 4 is 58.5 Å². The standard InChI is InChI=1S/C35H34Cl3N7O5/c1-42-12-14-44(34(42)47)18-21-10-11-27(39-17-21)32(46)40-26-8-4-6-23(30(26)37)24-7-5-9-29(31(24)38)50-20-28-25(36)16-22(33(41-28)49-3)19-45-15-13-43(2)35(45)48/h4-11,16-17H,12-15,18-20H2,1-3H3,(H,40,46). The highest BCUT2D eigenvalue weighted by molar-refractivity contribution is 6.39. The number of amides is 5. The predicted molar refractivity (Wildman–Crippen MR) is 191 cm³/mol. The number of likely N-dealkylation sites (N-methyl/N-ethyl adjacent to an activating group) is 2. The lowest BCUT2D eigenvalue weighted by Gasteiger charge is -2.19. The molecular formula is C35H34Cl3N7O5. The van der Waals surface area contributed by atoms with Gasteiger partial charge >= 0.3 is 12.1 Å². The van der Waals surface area contributed by atoms with Crippen LogP contribution in [0.2, 0.25) is 15.1 Å². The van der Waals surface area contributed by atoms with E-state index in [1.54, 1.807) is 94.5 Å². The number of hydrogen-bond donors (Lipinski definition) is 1. The van der Waals surface area contributed by atoms with Crippen molar-refractivity contribution in [1.29, 1.82) is 0 Å². The van der Waals surface area contributed by atoms with Gasteiger partial charge in [0.25, 0.3) is 5.91 Å². The molecule has 12 nitrogen and oxygen atoms in total. The highest BCUT2D eigenvalue weighted by atomic mass is 35.5. The number of methoxy groups -OCH3 is 1. The zero-order valence-electron chi connectivity index (χ0n) is 27.6. The lowest BCUT2D eigenvalue weighted by Crippen LogP contribution is -2.29. The quantitative estimate of drug-likeness (QED) is 0.182. The van der Waals surface area contributed by atoms with Crippen LogP contribution in [0.25, 0.3) is 11.1 Å². The van der Waals surface area contributed by atoms with Gasteiger partial charge in [-0.3, -0.25) is 9.78 Å². The molecule has 5 amide bonds. The van der Waals surface area contributed by atoms with Crippen LogP contribution in [0.3, 0.4) is 0 Å². The second-order valence-electron chi connectivity index (χ2n) is 11.9. The number of urea groups is 2. The molecule has 0 atom stereocenters. The van der Waals surface area contributed by atoms with Crippen LogP contribution in [-0.4, -0.2) is 94.9 Å². The molecule has 2 aliphatic heterocycles. The van der Waals surface area contributed by atoms with Crippen LogP contribution in [0.1, 0.15) is 27.3 Å². The summed E-state index contributed by atoms with van der Waals surface area (Å²) in [4.78, 5) is 53.3. The molecular weight excluding hydrogens is 705 g/mol. The SMILES string of the molecule is COc1nc(COc2cccc(-c3cccc(NC(=O)c4ccc(CN5CCN(C)C5=O)cn4)c3Cl)c2Cl)c(Cl)cc1CN1CCN(C)C1=O. The number of ether oxygens (including phenoxy) is 2. The van der Waals surface area contributed by atoms with E-state index in [1.807, 2.05) is 0 Å². The van der Waals surface area contributed by atoms with Crippen molar-refractivity contribution in [3.63, 3.8) is 0 Å². The van der Waals surface area contributed by atoms with Crippen molar-refractivity contribution in [2.45, 2.75) is 19.7 Å². The number of benzene rings is 2. The van der Waals surface area contributed by atoms with Gasteiger partial charge in [0.1, 0.15) is 23.7 Å². The molecule has 260 valence electrons. The van der Waals surface area contributed by atoms with E-state index in [2.05, 4.69) is 15.3 Å². The second kappa shape index (κ2) is 15.0. The Morgan fingerprint density at radius 1 is 0.860 bits per heavy atom. The Balaban J connectivity index is 1.14. The molecule has 0 radical (unpaired) electrons. The van der Waals surface area contributed by atoms with Crippen molar-refractivity contribution in [3.05, 3.63) is 98.4 Å². The lowest BCUT2D eigenvalue weighted by atomic mass is 10.0. The number of pyridine rings is 2. The molecule has 0 bridgehead atoms. The minimum atomic E-state index is -0.444. The van der Waals surface area contributed by atoms with E-state index in [9.17, 15) is 14.4 Å². The number of rotatable bonds is 11. The van der Waals surface area contributed by atoms with E-state index in [0.717, 1.165) is 5.56 Å². The number of anilines is 1. The highest BCUT2D eigenvalue weighted by Gasteiger charge is 2.27. The van der Waals surface area contributed by atoms with E-state index in [-0.39, 0.29) is 29.4 Å². The van der Waals surface area contributed by atoms with Crippen LogP contribution in [0.5, 0.6) is 11.6 Å². The van der Waals surface area contributed by atoms with Crippen LogP contribution in [0.15, 0.2) is 60.8 Å². The van der Waals surface area contributed by atoms with Gasteiger partial charge < -0.3 is 34.4 Å². The van der Waals surface area contributed by atoms with E-state index in [4.69, 9.17) is 44.3 Å². The van der Waals surface area contributed by atoms with Crippen LogP contribution in [0, 0.1) is 0 Å². The zero-order chi connectivity index (χ0) is 35.5. The first-order chi connectivity index (χ1) is 24.0. The molecule has 15 heteroatoms. The van der Waals surface area contributed by atoms with E-state index < -0.39 is 5.91 Å². The largest absolute Gasteiger partial charge is 0.486 e. The van der Waals surface area contributed by atoms with Gasteiger partial charge in [-0.25, -0.2) is 14.6 Å². The first-order valence-corrected chi connectivity index (χ1v) is 16.9. The number of carbonyl (C=O) groups excluding carboxylic acids is 3. The molecule has 0 spiro atoms. The summed E-state index contributed by atoms with van der Waals surface area (Å²) in [5, 5.41) is 3.77. The molecule has 0 aliphatic carbocycles. The first kappa shape index (κ1) is 35.1. The Labute approximate surface area is 304 Å². The summed E-state index contributed by atoms with van der Waals surface area (Å²) < 4.78 is 11.6. The number of nitrogens with zero attached hydrogens (tertiary/aromatic N) is 6. The Hall–Kier alpha value is -4.78. The van der Waals surface area contributed by atoms with Gasteiger partial charge in [-0.1, -0.05) is 65.1 Å². The fraction of sp³-hybridized carbons (Fsp3) is 0.286. The molecule has 50 heavy (non-hydrogen) atoms. The molecule has 0 saturated carbocycles. The molecule has 2 aromatic carbocycles. The second-order valence-corrected chi connectivity index (χ2v) is 13.1.